The number of carbonyl (C=O) groups excluding carboxylic acids is 2. The minimum Gasteiger partial charge on any atom is -0.459 e. The molecule has 2 rings (SSSR count). The van der Waals surface area contributed by atoms with Gasteiger partial charge >= 0.3 is 12.0 Å². The van der Waals surface area contributed by atoms with Gasteiger partial charge in [0.05, 0.1) is 6.54 Å². The lowest BCUT2D eigenvalue weighted by molar-refractivity contribution is -0.155. The molecular formula is C14H17BrN2O3. The minimum atomic E-state index is -0.551. The zero-order valence-corrected chi connectivity index (χ0v) is 13.3. The lowest BCUT2D eigenvalue weighted by Gasteiger charge is -2.30. The van der Waals surface area contributed by atoms with E-state index in [0.717, 1.165) is 15.7 Å². The van der Waals surface area contributed by atoms with Crippen molar-refractivity contribution in [2.45, 2.75) is 32.9 Å². The van der Waals surface area contributed by atoms with E-state index in [2.05, 4.69) is 21.2 Å². The molecule has 20 heavy (non-hydrogen) atoms. The summed E-state index contributed by atoms with van der Waals surface area (Å²) in [7, 11) is 0. The van der Waals surface area contributed by atoms with E-state index in [1.807, 2.05) is 18.2 Å². The van der Waals surface area contributed by atoms with E-state index in [4.69, 9.17) is 4.74 Å². The lowest BCUT2D eigenvalue weighted by Crippen LogP contribution is -2.43. The van der Waals surface area contributed by atoms with Gasteiger partial charge in [0.2, 0.25) is 0 Å². The number of halogens is 1. The maximum Gasteiger partial charge on any atom is 0.326 e. The average molecular weight is 341 g/mol. The summed E-state index contributed by atoms with van der Waals surface area (Å²) in [4.78, 5) is 25.2. The average Bonchev–Trinajstić information content (AvgIpc) is 2.28. The van der Waals surface area contributed by atoms with Crippen LogP contribution in [-0.4, -0.2) is 29.0 Å². The molecule has 0 aromatic heterocycles. The highest BCUT2D eigenvalue weighted by molar-refractivity contribution is 9.10. The number of carbonyl (C=O) groups is 2. The van der Waals surface area contributed by atoms with Gasteiger partial charge in [-0.1, -0.05) is 15.9 Å². The second-order valence-electron chi connectivity index (χ2n) is 5.67. The molecule has 6 heteroatoms. The van der Waals surface area contributed by atoms with Gasteiger partial charge in [-0.25, -0.2) is 4.79 Å². The smallest absolute Gasteiger partial charge is 0.326 e. The summed E-state index contributed by atoms with van der Waals surface area (Å²) in [6.45, 7) is 5.73. The molecule has 0 atom stereocenters. The van der Waals surface area contributed by atoms with Gasteiger partial charge in [-0.3, -0.25) is 4.79 Å². The second kappa shape index (κ2) is 5.44. The number of ether oxygens (including phenoxy) is 1. The molecule has 0 saturated heterocycles. The Labute approximate surface area is 126 Å². The number of hydrogen-bond donors (Lipinski definition) is 1. The molecule has 108 valence electrons. The van der Waals surface area contributed by atoms with Crippen molar-refractivity contribution in [3.63, 3.8) is 0 Å². The number of rotatable bonds is 2. The van der Waals surface area contributed by atoms with E-state index < -0.39 is 11.6 Å². The molecule has 1 aromatic carbocycles. The fraction of sp³-hybridized carbons (Fsp3) is 0.429. The molecule has 5 nitrogen and oxygen atoms in total. The standard InChI is InChI=1S/C14H17BrN2O3/c1-14(2,3)20-12(18)8-17-7-9-6-10(15)4-5-11(9)16-13(17)19/h4-6H,7-8H2,1-3H3,(H,16,19). The molecule has 0 spiro atoms. The van der Waals surface area contributed by atoms with Gasteiger partial charge in [-0.05, 0) is 44.5 Å². The van der Waals surface area contributed by atoms with Crippen LogP contribution in [0, 0.1) is 0 Å². The van der Waals surface area contributed by atoms with Crippen LogP contribution >= 0.6 is 15.9 Å². The third-order valence-electron chi connectivity index (χ3n) is 2.70. The van der Waals surface area contributed by atoms with Crippen LogP contribution in [0.5, 0.6) is 0 Å². The molecule has 1 heterocycles. The van der Waals surface area contributed by atoms with Crippen molar-refractivity contribution in [1.29, 1.82) is 0 Å². The molecule has 0 bridgehead atoms. The molecule has 2 amide bonds. The molecule has 0 radical (unpaired) electrons. The highest BCUT2D eigenvalue weighted by atomic mass is 79.9. The first kappa shape index (κ1) is 14.8. The molecule has 0 unspecified atom stereocenters. The second-order valence-corrected chi connectivity index (χ2v) is 6.59. The predicted molar refractivity (Wildman–Crippen MR) is 79.4 cm³/mol. The molecule has 1 aliphatic heterocycles. The van der Waals surface area contributed by atoms with E-state index in [0.29, 0.717) is 6.54 Å². The lowest BCUT2D eigenvalue weighted by atomic mass is 10.1. The van der Waals surface area contributed by atoms with Crippen molar-refractivity contribution in [3.8, 4) is 0 Å². The van der Waals surface area contributed by atoms with Crippen molar-refractivity contribution in [2.75, 3.05) is 11.9 Å². The highest BCUT2D eigenvalue weighted by Gasteiger charge is 2.26. The number of nitrogens with zero attached hydrogens (tertiary/aromatic N) is 1. The van der Waals surface area contributed by atoms with Gasteiger partial charge in [0.25, 0.3) is 0 Å². The number of hydrogen-bond acceptors (Lipinski definition) is 3. The number of fused-ring (bicyclic) bond motifs is 1. The summed E-state index contributed by atoms with van der Waals surface area (Å²) >= 11 is 3.39. The number of amides is 2. The minimum absolute atomic E-state index is 0.0605. The normalized spacial score (nSPS) is 14.6. The van der Waals surface area contributed by atoms with Gasteiger partial charge in [-0.15, -0.1) is 0 Å². The summed E-state index contributed by atoms with van der Waals surface area (Å²) in [6.07, 6.45) is 0. The number of nitrogens with one attached hydrogen (secondary N) is 1. The molecule has 0 fully saturated rings. The van der Waals surface area contributed by atoms with Gasteiger partial charge in [-0.2, -0.15) is 0 Å². The highest BCUT2D eigenvalue weighted by Crippen LogP contribution is 2.26. The van der Waals surface area contributed by atoms with Crippen LogP contribution < -0.4 is 5.32 Å². The Hall–Kier alpha value is -1.56. The van der Waals surface area contributed by atoms with E-state index >= 15 is 0 Å². The molecule has 1 aliphatic rings. The van der Waals surface area contributed by atoms with Gasteiger partial charge in [0.1, 0.15) is 12.1 Å². The van der Waals surface area contributed by atoms with Crippen LogP contribution in [0.15, 0.2) is 22.7 Å². The van der Waals surface area contributed by atoms with Crippen LogP contribution in [0.25, 0.3) is 0 Å². The van der Waals surface area contributed by atoms with Gasteiger partial charge in [0.15, 0.2) is 0 Å². The van der Waals surface area contributed by atoms with Gasteiger partial charge < -0.3 is 15.0 Å². The quantitative estimate of drug-likeness (QED) is 0.841. The van der Waals surface area contributed by atoms with E-state index in [1.54, 1.807) is 20.8 Å². The fourth-order valence-corrected chi connectivity index (χ4v) is 2.35. The van der Waals surface area contributed by atoms with E-state index in [9.17, 15) is 9.59 Å². The zero-order valence-electron chi connectivity index (χ0n) is 11.7. The van der Waals surface area contributed by atoms with E-state index in [1.165, 1.54) is 4.90 Å². The Bertz CT molecular complexity index is 552. The van der Waals surface area contributed by atoms with Crippen molar-refractivity contribution >= 4 is 33.6 Å². The SMILES string of the molecule is CC(C)(C)OC(=O)CN1Cc2cc(Br)ccc2NC1=O. The van der Waals surface area contributed by atoms with Crippen LogP contribution in [-0.2, 0) is 16.1 Å². The summed E-state index contributed by atoms with van der Waals surface area (Å²) < 4.78 is 6.17. The summed E-state index contributed by atoms with van der Waals surface area (Å²) in [5, 5.41) is 2.76. The first-order chi connectivity index (χ1) is 9.24. The van der Waals surface area contributed by atoms with Crippen LogP contribution in [0.3, 0.4) is 0 Å². The van der Waals surface area contributed by atoms with Crippen molar-refractivity contribution < 1.29 is 14.3 Å². The Morgan fingerprint density at radius 1 is 1.45 bits per heavy atom. The van der Waals surface area contributed by atoms with Gasteiger partial charge in [0, 0.05) is 10.2 Å². The largest absolute Gasteiger partial charge is 0.459 e. The number of esters is 1. The monoisotopic (exact) mass is 340 g/mol. The Kier molecular flexibility index (Phi) is 4.04. The first-order valence-corrected chi connectivity index (χ1v) is 7.10. The van der Waals surface area contributed by atoms with Crippen LogP contribution in [0.1, 0.15) is 26.3 Å². The molecule has 0 aliphatic carbocycles. The summed E-state index contributed by atoms with van der Waals surface area (Å²) in [5.74, 6) is -0.411. The van der Waals surface area contributed by atoms with Crippen molar-refractivity contribution in [3.05, 3.63) is 28.2 Å². The third kappa shape index (κ3) is 3.72. The number of anilines is 1. The number of urea groups is 1. The van der Waals surface area contributed by atoms with Crippen LogP contribution in [0.4, 0.5) is 10.5 Å². The summed E-state index contributed by atoms with van der Waals surface area (Å²) in [6, 6.07) is 5.34. The topological polar surface area (TPSA) is 58.6 Å². The molecule has 1 aromatic rings. The Balaban J connectivity index is 2.07. The Morgan fingerprint density at radius 3 is 2.80 bits per heavy atom. The Morgan fingerprint density at radius 2 is 2.15 bits per heavy atom. The number of benzene rings is 1. The zero-order chi connectivity index (χ0) is 14.9. The van der Waals surface area contributed by atoms with E-state index in [-0.39, 0.29) is 12.6 Å². The van der Waals surface area contributed by atoms with Crippen molar-refractivity contribution in [1.82, 2.24) is 4.90 Å². The molecule has 1 N–H and O–H groups in total. The molecule has 0 saturated carbocycles. The van der Waals surface area contributed by atoms with Crippen molar-refractivity contribution in [2.24, 2.45) is 0 Å². The maximum absolute atomic E-state index is 11.9. The maximum atomic E-state index is 11.9. The predicted octanol–water partition coefficient (Wildman–Crippen LogP) is 3.14. The van der Waals surface area contributed by atoms with Crippen LogP contribution in [0.2, 0.25) is 0 Å². The summed E-state index contributed by atoms with van der Waals surface area (Å²) in [5.41, 5.74) is 1.19. The first-order valence-electron chi connectivity index (χ1n) is 6.31. The molecular weight excluding hydrogens is 324 g/mol. The fourth-order valence-electron chi connectivity index (χ4n) is 1.94. The third-order valence-corrected chi connectivity index (χ3v) is 3.19.